The van der Waals surface area contributed by atoms with E-state index in [2.05, 4.69) is 12.1 Å². The lowest BCUT2D eigenvalue weighted by Gasteiger charge is -2.21. The van der Waals surface area contributed by atoms with Crippen LogP contribution in [0.3, 0.4) is 0 Å². The molecule has 4 rings (SSSR count). The van der Waals surface area contributed by atoms with Crippen LogP contribution in [-0.2, 0) is 0 Å². The summed E-state index contributed by atoms with van der Waals surface area (Å²) in [6.07, 6.45) is 0. The first-order chi connectivity index (χ1) is 13.2. The van der Waals surface area contributed by atoms with Crippen LogP contribution in [0.15, 0.2) is 91.0 Å². The molecule has 4 aromatic carbocycles. The van der Waals surface area contributed by atoms with E-state index in [4.69, 9.17) is 34.8 Å². The van der Waals surface area contributed by atoms with Gasteiger partial charge >= 0.3 is 0 Å². The molecule has 27 heavy (non-hydrogen) atoms. The lowest BCUT2D eigenvalue weighted by molar-refractivity contribution is 1.55. The maximum Gasteiger partial charge on any atom is 0.0791 e. The molecule has 0 N–H and O–H groups in total. The molecule has 0 atom stereocenters. The largest absolute Gasteiger partial charge is 0.0819 e. The summed E-state index contributed by atoms with van der Waals surface area (Å²) < 4.78 is 0. The Kier molecular flexibility index (Phi) is 5.22. The molecule has 0 heterocycles. The fourth-order valence-corrected chi connectivity index (χ4v) is 4.14. The van der Waals surface area contributed by atoms with E-state index in [1.54, 1.807) is 0 Å². The fraction of sp³-hybridized carbons (Fsp3) is 0. The average molecular weight is 410 g/mol. The summed E-state index contributed by atoms with van der Waals surface area (Å²) in [5.74, 6) is 0. The Morgan fingerprint density at radius 1 is 0.333 bits per heavy atom. The molecule has 132 valence electrons. The van der Waals surface area contributed by atoms with Crippen LogP contribution in [0.2, 0.25) is 15.1 Å². The van der Waals surface area contributed by atoms with E-state index in [9.17, 15) is 0 Å². The SMILES string of the molecule is Clc1c(Cl)c(-c2ccccc2)c(-c2ccccc2)c(-c2ccccc2)c1Cl. The van der Waals surface area contributed by atoms with E-state index in [1.807, 2.05) is 78.9 Å². The Hall–Kier alpha value is -2.25. The van der Waals surface area contributed by atoms with Gasteiger partial charge < -0.3 is 0 Å². The highest BCUT2D eigenvalue weighted by Gasteiger charge is 2.24. The quantitative estimate of drug-likeness (QED) is 0.297. The van der Waals surface area contributed by atoms with Gasteiger partial charge in [-0.05, 0) is 16.7 Å². The lowest BCUT2D eigenvalue weighted by Crippen LogP contribution is -1.94. The highest BCUT2D eigenvalue weighted by Crippen LogP contribution is 2.51. The first-order valence-corrected chi connectivity index (χ1v) is 9.68. The predicted molar refractivity (Wildman–Crippen MR) is 118 cm³/mol. The Morgan fingerprint density at radius 2 is 0.630 bits per heavy atom. The van der Waals surface area contributed by atoms with Gasteiger partial charge in [-0.15, -0.1) is 0 Å². The Balaban J connectivity index is 2.18. The summed E-state index contributed by atoms with van der Waals surface area (Å²) in [6, 6.07) is 30.2. The van der Waals surface area contributed by atoms with Crippen LogP contribution < -0.4 is 0 Å². The second-order valence-electron chi connectivity index (χ2n) is 6.17. The van der Waals surface area contributed by atoms with Crippen molar-refractivity contribution in [2.24, 2.45) is 0 Å². The van der Waals surface area contributed by atoms with Crippen LogP contribution in [0.25, 0.3) is 33.4 Å². The molecule has 0 aliphatic heterocycles. The van der Waals surface area contributed by atoms with Crippen LogP contribution in [0.4, 0.5) is 0 Å². The van der Waals surface area contributed by atoms with Gasteiger partial charge in [-0.3, -0.25) is 0 Å². The van der Waals surface area contributed by atoms with E-state index in [-0.39, 0.29) is 0 Å². The molecule has 0 aromatic heterocycles. The summed E-state index contributed by atoms with van der Waals surface area (Å²) >= 11 is 20.0. The highest BCUT2D eigenvalue weighted by atomic mass is 35.5. The number of rotatable bonds is 3. The molecule has 0 aliphatic rings. The topological polar surface area (TPSA) is 0 Å². The molecular weight excluding hydrogens is 395 g/mol. The lowest BCUT2D eigenvalue weighted by atomic mass is 9.87. The Morgan fingerprint density at radius 3 is 0.963 bits per heavy atom. The van der Waals surface area contributed by atoms with Crippen molar-refractivity contribution in [3.05, 3.63) is 106 Å². The molecule has 0 fully saturated rings. The van der Waals surface area contributed by atoms with E-state index in [1.165, 1.54) is 0 Å². The van der Waals surface area contributed by atoms with E-state index in [0.29, 0.717) is 15.1 Å². The highest BCUT2D eigenvalue weighted by molar-refractivity contribution is 6.51. The standard InChI is InChI=1S/C24H15Cl3/c25-22-20(17-12-6-2-7-13-17)19(16-10-4-1-5-11-16)21(23(26)24(22)27)18-14-8-3-9-15-18/h1-15H. The first-order valence-electron chi connectivity index (χ1n) is 8.55. The molecule has 0 amide bonds. The monoisotopic (exact) mass is 408 g/mol. The first kappa shape index (κ1) is 18.1. The van der Waals surface area contributed by atoms with Gasteiger partial charge in [0.25, 0.3) is 0 Å². The third kappa shape index (κ3) is 3.37. The molecule has 0 unspecified atom stereocenters. The normalized spacial score (nSPS) is 10.8. The second kappa shape index (κ2) is 7.78. The number of halogens is 3. The third-order valence-electron chi connectivity index (χ3n) is 4.51. The molecule has 0 aliphatic carbocycles. The number of hydrogen-bond donors (Lipinski definition) is 0. The average Bonchev–Trinajstić information content (AvgIpc) is 2.73. The minimum Gasteiger partial charge on any atom is -0.0819 e. The fourth-order valence-electron chi connectivity index (χ4n) is 3.31. The molecule has 0 saturated carbocycles. The van der Waals surface area contributed by atoms with Crippen LogP contribution in [-0.4, -0.2) is 0 Å². The molecule has 0 saturated heterocycles. The summed E-state index contributed by atoms with van der Waals surface area (Å²) in [4.78, 5) is 0. The van der Waals surface area contributed by atoms with Gasteiger partial charge in [-0.2, -0.15) is 0 Å². The molecule has 0 radical (unpaired) electrons. The van der Waals surface area contributed by atoms with Gasteiger partial charge in [0.2, 0.25) is 0 Å². The van der Waals surface area contributed by atoms with Gasteiger partial charge in [-0.1, -0.05) is 126 Å². The number of benzene rings is 4. The van der Waals surface area contributed by atoms with Gasteiger partial charge in [0.15, 0.2) is 0 Å². The van der Waals surface area contributed by atoms with Gasteiger partial charge in [0.05, 0.1) is 15.1 Å². The van der Waals surface area contributed by atoms with Crippen LogP contribution in [0.5, 0.6) is 0 Å². The molecule has 0 nitrogen and oxygen atoms in total. The van der Waals surface area contributed by atoms with Crippen molar-refractivity contribution in [1.29, 1.82) is 0 Å². The van der Waals surface area contributed by atoms with E-state index < -0.39 is 0 Å². The smallest absolute Gasteiger partial charge is 0.0791 e. The zero-order valence-corrected chi connectivity index (χ0v) is 16.6. The summed E-state index contributed by atoms with van der Waals surface area (Å²) in [5.41, 5.74) is 5.78. The van der Waals surface area contributed by atoms with Crippen molar-refractivity contribution in [2.45, 2.75) is 0 Å². The van der Waals surface area contributed by atoms with Gasteiger partial charge in [0.1, 0.15) is 0 Å². The van der Waals surface area contributed by atoms with Crippen LogP contribution in [0, 0.1) is 0 Å². The van der Waals surface area contributed by atoms with Crippen molar-refractivity contribution in [1.82, 2.24) is 0 Å². The van der Waals surface area contributed by atoms with Crippen molar-refractivity contribution in [3.8, 4) is 33.4 Å². The Bertz CT molecular complexity index is 1010. The molecule has 0 spiro atoms. The molecular formula is C24H15Cl3. The maximum atomic E-state index is 6.73. The van der Waals surface area contributed by atoms with Crippen molar-refractivity contribution in [2.75, 3.05) is 0 Å². The number of hydrogen-bond acceptors (Lipinski definition) is 0. The summed E-state index contributed by atoms with van der Waals surface area (Å²) in [7, 11) is 0. The second-order valence-corrected chi connectivity index (χ2v) is 7.30. The summed E-state index contributed by atoms with van der Waals surface area (Å²) in [6.45, 7) is 0. The Labute approximate surface area is 174 Å². The molecule has 0 bridgehead atoms. The predicted octanol–water partition coefficient (Wildman–Crippen LogP) is 8.65. The summed E-state index contributed by atoms with van der Waals surface area (Å²) in [5, 5.41) is 1.30. The molecule has 4 aromatic rings. The minimum atomic E-state index is 0.371. The van der Waals surface area contributed by atoms with Crippen LogP contribution >= 0.6 is 34.8 Å². The molecule has 3 heteroatoms. The van der Waals surface area contributed by atoms with Gasteiger partial charge in [-0.25, -0.2) is 0 Å². The van der Waals surface area contributed by atoms with Crippen molar-refractivity contribution >= 4 is 34.8 Å². The van der Waals surface area contributed by atoms with Crippen molar-refractivity contribution < 1.29 is 0 Å². The maximum absolute atomic E-state index is 6.73. The zero-order valence-electron chi connectivity index (χ0n) is 14.3. The van der Waals surface area contributed by atoms with Crippen LogP contribution in [0.1, 0.15) is 0 Å². The third-order valence-corrected chi connectivity index (χ3v) is 5.84. The van der Waals surface area contributed by atoms with E-state index in [0.717, 1.165) is 33.4 Å². The van der Waals surface area contributed by atoms with Crippen molar-refractivity contribution in [3.63, 3.8) is 0 Å². The van der Waals surface area contributed by atoms with Gasteiger partial charge in [0, 0.05) is 16.7 Å². The van der Waals surface area contributed by atoms with E-state index >= 15 is 0 Å². The zero-order chi connectivity index (χ0) is 18.8. The minimum absolute atomic E-state index is 0.371.